The van der Waals surface area contributed by atoms with Crippen molar-refractivity contribution in [1.82, 2.24) is 10.6 Å². The third-order valence-corrected chi connectivity index (χ3v) is 2.47. The van der Waals surface area contributed by atoms with E-state index in [1.807, 2.05) is 25.1 Å². The lowest BCUT2D eigenvalue weighted by Gasteiger charge is -2.05. The highest BCUT2D eigenvalue weighted by atomic mass is 16.2. The highest BCUT2D eigenvalue weighted by Gasteiger charge is 2.04. The predicted molar refractivity (Wildman–Crippen MR) is 71.3 cm³/mol. The molecule has 0 bridgehead atoms. The second-order valence-electron chi connectivity index (χ2n) is 4.08. The molecule has 0 unspecified atom stereocenters. The molecule has 0 saturated carbocycles. The molecule has 0 heterocycles. The molecule has 2 amide bonds. The van der Waals surface area contributed by atoms with Gasteiger partial charge in [0.2, 0.25) is 5.91 Å². The van der Waals surface area contributed by atoms with E-state index in [4.69, 9.17) is 0 Å². The molecule has 1 aromatic carbocycles. The highest BCUT2D eigenvalue weighted by Crippen LogP contribution is 1.98. The van der Waals surface area contributed by atoms with Gasteiger partial charge in [-0.05, 0) is 25.0 Å². The van der Waals surface area contributed by atoms with Crippen molar-refractivity contribution in [1.29, 1.82) is 0 Å². The Morgan fingerprint density at radius 1 is 1.06 bits per heavy atom. The van der Waals surface area contributed by atoms with Crippen LogP contribution in [0.4, 0.5) is 0 Å². The molecule has 1 rings (SSSR count). The number of carbonyl (C=O) groups is 2. The fraction of sp³-hybridized carbons (Fsp3) is 0.429. The molecule has 0 radical (unpaired) electrons. The summed E-state index contributed by atoms with van der Waals surface area (Å²) in [5, 5.41) is 5.59. The van der Waals surface area contributed by atoms with Crippen molar-refractivity contribution in [3.8, 4) is 0 Å². The summed E-state index contributed by atoms with van der Waals surface area (Å²) in [6, 6.07) is 9.06. The fourth-order valence-corrected chi connectivity index (χ4v) is 1.50. The van der Waals surface area contributed by atoms with Crippen LogP contribution in [-0.2, 0) is 4.79 Å². The summed E-state index contributed by atoms with van der Waals surface area (Å²) >= 11 is 0. The first-order valence-corrected chi connectivity index (χ1v) is 6.34. The predicted octanol–water partition coefficient (Wildman–Crippen LogP) is 1.72. The molecular weight excluding hydrogens is 228 g/mol. The molecule has 0 fully saturated rings. The van der Waals surface area contributed by atoms with Gasteiger partial charge in [0.15, 0.2) is 0 Å². The van der Waals surface area contributed by atoms with Crippen molar-refractivity contribution < 1.29 is 9.59 Å². The minimum Gasteiger partial charge on any atom is -0.356 e. The average Bonchev–Trinajstić information content (AvgIpc) is 2.42. The molecule has 1 aromatic rings. The van der Waals surface area contributed by atoms with Gasteiger partial charge in [0.25, 0.3) is 5.91 Å². The SMILES string of the molecule is CCCNC(=O)CCCNC(=O)c1ccccc1. The monoisotopic (exact) mass is 248 g/mol. The summed E-state index contributed by atoms with van der Waals surface area (Å²) in [6.45, 7) is 3.25. The second kappa shape index (κ2) is 8.28. The zero-order valence-corrected chi connectivity index (χ0v) is 10.7. The molecule has 4 nitrogen and oxygen atoms in total. The van der Waals surface area contributed by atoms with Gasteiger partial charge >= 0.3 is 0 Å². The van der Waals surface area contributed by atoms with E-state index < -0.39 is 0 Å². The maximum Gasteiger partial charge on any atom is 0.251 e. The standard InChI is InChI=1S/C14H20N2O2/c1-2-10-15-13(17)9-6-11-16-14(18)12-7-4-3-5-8-12/h3-5,7-8H,2,6,9-11H2,1H3,(H,15,17)(H,16,18). The molecule has 0 aliphatic rings. The maximum absolute atomic E-state index is 11.6. The molecule has 0 aliphatic carbocycles. The smallest absolute Gasteiger partial charge is 0.251 e. The molecule has 4 heteroatoms. The number of hydrogen-bond acceptors (Lipinski definition) is 2. The van der Waals surface area contributed by atoms with E-state index >= 15 is 0 Å². The van der Waals surface area contributed by atoms with Gasteiger partial charge in [-0.2, -0.15) is 0 Å². The normalized spacial score (nSPS) is 9.83. The van der Waals surface area contributed by atoms with Crippen LogP contribution in [0.1, 0.15) is 36.5 Å². The van der Waals surface area contributed by atoms with E-state index in [0.717, 1.165) is 13.0 Å². The van der Waals surface area contributed by atoms with E-state index in [-0.39, 0.29) is 11.8 Å². The summed E-state index contributed by atoms with van der Waals surface area (Å²) in [5.74, 6) is -0.0459. The van der Waals surface area contributed by atoms with Crippen LogP contribution in [0.25, 0.3) is 0 Å². The van der Waals surface area contributed by atoms with E-state index in [2.05, 4.69) is 10.6 Å². The van der Waals surface area contributed by atoms with Crippen LogP contribution in [0.5, 0.6) is 0 Å². The lowest BCUT2D eigenvalue weighted by Crippen LogP contribution is -2.27. The summed E-state index contributed by atoms with van der Waals surface area (Å²) in [7, 11) is 0. The van der Waals surface area contributed by atoms with Crippen molar-refractivity contribution >= 4 is 11.8 Å². The van der Waals surface area contributed by atoms with Crippen molar-refractivity contribution in [2.24, 2.45) is 0 Å². The number of amides is 2. The molecular formula is C14H20N2O2. The first-order valence-electron chi connectivity index (χ1n) is 6.34. The Hall–Kier alpha value is -1.84. The van der Waals surface area contributed by atoms with E-state index in [1.54, 1.807) is 12.1 Å². The molecule has 2 N–H and O–H groups in total. The highest BCUT2D eigenvalue weighted by molar-refractivity contribution is 5.94. The van der Waals surface area contributed by atoms with Crippen LogP contribution in [0, 0.1) is 0 Å². The van der Waals surface area contributed by atoms with Crippen molar-refractivity contribution in [2.45, 2.75) is 26.2 Å². The Kier molecular flexibility index (Phi) is 6.54. The number of nitrogens with one attached hydrogen (secondary N) is 2. The molecule has 0 aliphatic heterocycles. The van der Waals surface area contributed by atoms with Gasteiger partial charge in [-0.15, -0.1) is 0 Å². The van der Waals surface area contributed by atoms with Crippen LogP contribution in [0.2, 0.25) is 0 Å². The topological polar surface area (TPSA) is 58.2 Å². The summed E-state index contributed by atoms with van der Waals surface area (Å²) < 4.78 is 0. The first-order chi connectivity index (χ1) is 8.74. The minimum atomic E-state index is -0.0930. The van der Waals surface area contributed by atoms with Crippen molar-refractivity contribution in [2.75, 3.05) is 13.1 Å². The summed E-state index contributed by atoms with van der Waals surface area (Å²) in [5.41, 5.74) is 0.646. The fourth-order valence-electron chi connectivity index (χ4n) is 1.50. The Bertz CT molecular complexity index is 377. The van der Waals surface area contributed by atoms with Gasteiger partial charge < -0.3 is 10.6 Å². The van der Waals surface area contributed by atoms with Gasteiger partial charge in [0.1, 0.15) is 0 Å². The van der Waals surface area contributed by atoms with Crippen molar-refractivity contribution in [3.05, 3.63) is 35.9 Å². The van der Waals surface area contributed by atoms with E-state index in [1.165, 1.54) is 0 Å². The first kappa shape index (κ1) is 14.2. The molecule has 98 valence electrons. The zero-order valence-electron chi connectivity index (χ0n) is 10.7. The molecule has 0 spiro atoms. The molecule has 0 aromatic heterocycles. The van der Waals surface area contributed by atoms with E-state index in [0.29, 0.717) is 24.9 Å². The third kappa shape index (κ3) is 5.48. The Balaban J connectivity index is 2.15. The summed E-state index contributed by atoms with van der Waals surface area (Å²) in [6.07, 6.45) is 2.06. The van der Waals surface area contributed by atoms with Gasteiger partial charge in [0, 0.05) is 25.1 Å². The third-order valence-electron chi connectivity index (χ3n) is 2.47. The largest absolute Gasteiger partial charge is 0.356 e. The van der Waals surface area contributed by atoms with Crippen molar-refractivity contribution in [3.63, 3.8) is 0 Å². The lowest BCUT2D eigenvalue weighted by molar-refractivity contribution is -0.121. The minimum absolute atomic E-state index is 0.0470. The Morgan fingerprint density at radius 3 is 2.44 bits per heavy atom. The van der Waals surface area contributed by atoms with Crippen LogP contribution < -0.4 is 10.6 Å². The maximum atomic E-state index is 11.6. The zero-order chi connectivity index (χ0) is 13.2. The number of carbonyl (C=O) groups excluding carboxylic acids is 2. The van der Waals surface area contributed by atoms with Gasteiger partial charge in [-0.25, -0.2) is 0 Å². The Morgan fingerprint density at radius 2 is 1.78 bits per heavy atom. The van der Waals surface area contributed by atoms with Crippen LogP contribution in [0.15, 0.2) is 30.3 Å². The molecule has 0 atom stereocenters. The average molecular weight is 248 g/mol. The quantitative estimate of drug-likeness (QED) is 0.722. The van der Waals surface area contributed by atoms with Crippen LogP contribution in [-0.4, -0.2) is 24.9 Å². The summed E-state index contributed by atoms with van der Waals surface area (Å²) in [4.78, 5) is 22.9. The molecule has 18 heavy (non-hydrogen) atoms. The number of rotatable bonds is 7. The second-order valence-corrected chi connectivity index (χ2v) is 4.08. The van der Waals surface area contributed by atoms with Gasteiger partial charge in [-0.1, -0.05) is 25.1 Å². The van der Waals surface area contributed by atoms with Crippen LogP contribution in [0.3, 0.4) is 0 Å². The Labute approximate surface area is 108 Å². The lowest BCUT2D eigenvalue weighted by atomic mass is 10.2. The number of benzene rings is 1. The van der Waals surface area contributed by atoms with E-state index in [9.17, 15) is 9.59 Å². The van der Waals surface area contributed by atoms with Gasteiger partial charge in [0.05, 0.1) is 0 Å². The van der Waals surface area contributed by atoms with Crippen LogP contribution >= 0.6 is 0 Å². The van der Waals surface area contributed by atoms with Gasteiger partial charge in [-0.3, -0.25) is 9.59 Å². The molecule has 0 saturated heterocycles. The number of hydrogen-bond donors (Lipinski definition) is 2.